The average Bonchev–Trinajstić information content (AvgIpc) is 2.21. The van der Waals surface area contributed by atoms with Crippen LogP contribution in [0.2, 0.25) is 0 Å². The lowest BCUT2D eigenvalue weighted by molar-refractivity contribution is -0.143. The van der Waals surface area contributed by atoms with E-state index < -0.39 is 12.0 Å². The highest BCUT2D eigenvalue weighted by molar-refractivity contribution is 6.17. The predicted octanol–water partition coefficient (Wildman–Crippen LogP) is 1.62. The summed E-state index contributed by atoms with van der Waals surface area (Å²) in [5.41, 5.74) is 0. The number of amides is 1. The highest BCUT2D eigenvalue weighted by atomic mass is 35.5. The number of rotatable bonds is 7. The monoisotopic (exact) mass is 235 g/mol. The van der Waals surface area contributed by atoms with Crippen molar-refractivity contribution in [3.8, 4) is 0 Å². The second-order valence-electron chi connectivity index (χ2n) is 3.56. The Morgan fingerprint density at radius 3 is 2.47 bits per heavy atom. The second-order valence-corrected chi connectivity index (χ2v) is 3.94. The second kappa shape index (κ2) is 7.51. The lowest BCUT2D eigenvalue weighted by Crippen LogP contribution is -2.44. The number of carboxylic acid groups (broad SMARTS) is 1. The maximum Gasteiger partial charge on any atom is 0.326 e. The molecular formula is C10H18ClNO3. The summed E-state index contributed by atoms with van der Waals surface area (Å²) in [6.45, 7) is 3.70. The predicted molar refractivity (Wildman–Crippen MR) is 59.0 cm³/mol. The van der Waals surface area contributed by atoms with Crippen LogP contribution in [0.25, 0.3) is 0 Å². The first-order valence-electron chi connectivity index (χ1n) is 5.11. The van der Waals surface area contributed by atoms with Crippen molar-refractivity contribution in [3.63, 3.8) is 0 Å². The SMILES string of the molecule is CC[C@@H](C)[C@H](NC(=O)CCCCl)C(=O)O. The van der Waals surface area contributed by atoms with Gasteiger partial charge in [-0.05, 0) is 12.3 Å². The van der Waals surface area contributed by atoms with Crippen molar-refractivity contribution in [1.29, 1.82) is 0 Å². The lowest BCUT2D eigenvalue weighted by atomic mass is 9.99. The zero-order valence-corrected chi connectivity index (χ0v) is 9.88. The molecule has 0 aromatic heterocycles. The van der Waals surface area contributed by atoms with Crippen molar-refractivity contribution in [2.45, 2.75) is 39.2 Å². The van der Waals surface area contributed by atoms with E-state index in [0.717, 1.165) is 0 Å². The van der Waals surface area contributed by atoms with E-state index in [1.807, 2.05) is 6.92 Å². The van der Waals surface area contributed by atoms with Gasteiger partial charge in [0.05, 0.1) is 0 Å². The molecule has 0 heterocycles. The van der Waals surface area contributed by atoms with Gasteiger partial charge in [-0.3, -0.25) is 4.79 Å². The van der Waals surface area contributed by atoms with Crippen LogP contribution in [0.15, 0.2) is 0 Å². The minimum atomic E-state index is -0.983. The number of nitrogens with one attached hydrogen (secondary N) is 1. The van der Waals surface area contributed by atoms with Gasteiger partial charge in [-0.2, -0.15) is 0 Å². The summed E-state index contributed by atoms with van der Waals surface area (Å²) >= 11 is 5.44. The molecule has 88 valence electrons. The molecular weight excluding hydrogens is 218 g/mol. The van der Waals surface area contributed by atoms with Crippen molar-refractivity contribution < 1.29 is 14.7 Å². The molecule has 0 saturated heterocycles. The number of hydrogen-bond acceptors (Lipinski definition) is 2. The summed E-state index contributed by atoms with van der Waals surface area (Å²) in [6, 6.07) is -0.794. The van der Waals surface area contributed by atoms with Crippen LogP contribution in [0.4, 0.5) is 0 Å². The largest absolute Gasteiger partial charge is 0.480 e. The summed E-state index contributed by atoms with van der Waals surface area (Å²) < 4.78 is 0. The molecule has 0 spiro atoms. The molecule has 1 amide bonds. The van der Waals surface area contributed by atoms with E-state index >= 15 is 0 Å². The molecule has 2 N–H and O–H groups in total. The zero-order valence-electron chi connectivity index (χ0n) is 9.12. The quantitative estimate of drug-likeness (QED) is 0.659. The Morgan fingerprint density at radius 1 is 1.47 bits per heavy atom. The highest BCUT2D eigenvalue weighted by Crippen LogP contribution is 2.08. The van der Waals surface area contributed by atoms with E-state index in [1.165, 1.54) is 0 Å². The van der Waals surface area contributed by atoms with Crippen LogP contribution in [0, 0.1) is 5.92 Å². The maximum absolute atomic E-state index is 11.3. The van der Waals surface area contributed by atoms with Crippen LogP contribution in [-0.4, -0.2) is 28.9 Å². The summed E-state index contributed by atoms with van der Waals surface area (Å²) in [7, 11) is 0. The average molecular weight is 236 g/mol. The number of alkyl halides is 1. The molecule has 0 saturated carbocycles. The van der Waals surface area contributed by atoms with E-state index in [9.17, 15) is 9.59 Å². The third-order valence-corrected chi connectivity index (χ3v) is 2.60. The van der Waals surface area contributed by atoms with E-state index in [0.29, 0.717) is 18.7 Å². The van der Waals surface area contributed by atoms with Crippen molar-refractivity contribution in [3.05, 3.63) is 0 Å². The number of carboxylic acids is 1. The molecule has 0 unspecified atom stereocenters. The van der Waals surface area contributed by atoms with Crippen LogP contribution in [-0.2, 0) is 9.59 Å². The number of carbonyl (C=O) groups excluding carboxylic acids is 1. The molecule has 0 bridgehead atoms. The van der Waals surface area contributed by atoms with Crippen LogP contribution in [0.1, 0.15) is 33.1 Å². The number of hydrogen-bond donors (Lipinski definition) is 2. The first-order chi connectivity index (χ1) is 7.02. The van der Waals surface area contributed by atoms with Gasteiger partial charge in [0.25, 0.3) is 0 Å². The standard InChI is InChI=1S/C10H18ClNO3/c1-3-7(2)9(10(14)15)12-8(13)5-4-6-11/h7,9H,3-6H2,1-2H3,(H,12,13)(H,14,15)/t7-,9+/m1/s1. The summed E-state index contributed by atoms with van der Waals surface area (Å²) in [5.74, 6) is -0.886. The summed E-state index contributed by atoms with van der Waals surface area (Å²) in [6.07, 6.45) is 1.57. The van der Waals surface area contributed by atoms with Crippen molar-refractivity contribution in [1.82, 2.24) is 5.32 Å². The summed E-state index contributed by atoms with van der Waals surface area (Å²) in [4.78, 5) is 22.2. The molecule has 5 heteroatoms. The van der Waals surface area contributed by atoms with Crippen molar-refractivity contribution >= 4 is 23.5 Å². The molecule has 0 radical (unpaired) electrons. The van der Waals surface area contributed by atoms with Gasteiger partial charge in [-0.1, -0.05) is 20.3 Å². The van der Waals surface area contributed by atoms with E-state index in [4.69, 9.17) is 16.7 Å². The van der Waals surface area contributed by atoms with E-state index in [1.54, 1.807) is 6.92 Å². The molecule has 0 aliphatic heterocycles. The van der Waals surface area contributed by atoms with Crippen molar-refractivity contribution in [2.24, 2.45) is 5.92 Å². The Hall–Kier alpha value is -0.770. The summed E-state index contributed by atoms with van der Waals surface area (Å²) in [5, 5.41) is 11.4. The lowest BCUT2D eigenvalue weighted by Gasteiger charge is -2.19. The van der Waals surface area contributed by atoms with Crippen LogP contribution >= 0.6 is 11.6 Å². The van der Waals surface area contributed by atoms with Gasteiger partial charge < -0.3 is 10.4 Å². The molecule has 2 atom stereocenters. The fourth-order valence-corrected chi connectivity index (χ4v) is 1.29. The zero-order chi connectivity index (χ0) is 11.8. The third kappa shape index (κ3) is 5.62. The smallest absolute Gasteiger partial charge is 0.326 e. The van der Waals surface area contributed by atoms with Gasteiger partial charge in [0, 0.05) is 12.3 Å². The van der Waals surface area contributed by atoms with Gasteiger partial charge >= 0.3 is 5.97 Å². The molecule has 0 aliphatic carbocycles. The normalized spacial score (nSPS) is 14.3. The van der Waals surface area contributed by atoms with Gasteiger partial charge in [-0.15, -0.1) is 11.6 Å². The van der Waals surface area contributed by atoms with E-state index in [-0.39, 0.29) is 18.2 Å². The van der Waals surface area contributed by atoms with Gasteiger partial charge in [0.15, 0.2) is 0 Å². The van der Waals surface area contributed by atoms with Crippen LogP contribution in [0.3, 0.4) is 0 Å². The van der Waals surface area contributed by atoms with Gasteiger partial charge in [-0.25, -0.2) is 4.79 Å². The van der Waals surface area contributed by atoms with Crippen molar-refractivity contribution in [2.75, 3.05) is 5.88 Å². The first-order valence-corrected chi connectivity index (χ1v) is 5.64. The number of carbonyl (C=O) groups is 2. The number of aliphatic carboxylic acids is 1. The van der Waals surface area contributed by atoms with Crippen LogP contribution < -0.4 is 5.32 Å². The number of halogens is 1. The fourth-order valence-electron chi connectivity index (χ4n) is 1.16. The molecule has 4 nitrogen and oxygen atoms in total. The first kappa shape index (κ1) is 14.2. The Morgan fingerprint density at radius 2 is 2.07 bits per heavy atom. The Balaban J connectivity index is 4.16. The molecule has 0 fully saturated rings. The van der Waals surface area contributed by atoms with Crippen LogP contribution in [0.5, 0.6) is 0 Å². The fraction of sp³-hybridized carbons (Fsp3) is 0.800. The van der Waals surface area contributed by atoms with Gasteiger partial charge in [0.1, 0.15) is 6.04 Å². The minimum Gasteiger partial charge on any atom is -0.480 e. The Bertz CT molecular complexity index is 221. The molecule has 0 aromatic carbocycles. The highest BCUT2D eigenvalue weighted by Gasteiger charge is 2.24. The Labute approximate surface area is 95.0 Å². The van der Waals surface area contributed by atoms with Gasteiger partial charge in [0.2, 0.25) is 5.91 Å². The minimum absolute atomic E-state index is 0.0672. The topological polar surface area (TPSA) is 66.4 Å². The maximum atomic E-state index is 11.3. The molecule has 0 aliphatic rings. The Kier molecular flexibility index (Phi) is 7.13. The third-order valence-electron chi connectivity index (χ3n) is 2.33. The molecule has 0 aromatic rings. The molecule has 15 heavy (non-hydrogen) atoms. The van der Waals surface area contributed by atoms with E-state index in [2.05, 4.69) is 5.32 Å². The molecule has 0 rings (SSSR count).